The first-order valence-corrected chi connectivity index (χ1v) is 9.71. The quantitative estimate of drug-likeness (QED) is 0.294. The van der Waals surface area contributed by atoms with Gasteiger partial charge in [0.15, 0.2) is 0 Å². The van der Waals surface area contributed by atoms with Gasteiger partial charge in [-0.1, -0.05) is 77.0 Å². The van der Waals surface area contributed by atoms with E-state index in [1.807, 2.05) is 0 Å². The molecule has 0 saturated heterocycles. The Balaban J connectivity index is 3.05. The van der Waals surface area contributed by atoms with Gasteiger partial charge in [-0.2, -0.15) is 0 Å². The van der Waals surface area contributed by atoms with E-state index in [1.54, 1.807) is 0 Å². The number of aldehydes is 1. The lowest BCUT2D eigenvalue weighted by Gasteiger charge is -2.03. The van der Waals surface area contributed by atoms with Crippen LogP contribution in [-0.4, -0.2) is 25.3 Å². The van der Waals surface area contributed by atoms with Crippen LogP contribution in [0, 0.1) is 0 Å². The van der Waals surface area contributed by atoms with Crippen molar-refractivity contribution < 1.29 is 9.59 Å². The van der Waals surface area contributed by atoms with E-state index in [4.69, 9.17) is 5.73 Å². The zero-order valence-corrected chi connectivity index (χ0v) is 15.0. The van der Waals surface area contributed by atoms with Crippen LogP contribution in [0.1, 0.15) is 96.3 Å². The fourth-order valence-electron chi connectivity index (χ4n) is 2.80. The Kier molecular flexibility index (Phi) is 18.4. The van der Waals surface area contributed by atoms with E-state index in [9.17, 15) is 9.59 Å². The van der Waals surface area contributed by atoms with Gasteiger partial charge in [-0.05, 0) is 19.4 Å². The molecule has 0 heterocycles. The van der Waals surface area contributed by atoms with E-state index in [0.717, 1.165) is 25.7 Å². The van der Waals surface area contributed by atoms with Crippen molar-refractivity contribution in [1.29, 1.82) is 0 Å². The highest BCUT2D eigenvalue weighted by molar-refractivity contribution is 5.78. The summed E-state index contributed by atoms with van der Waals surface area (Å²) in [5.74, 6) is 0.000118. The van der Waals surface area contributed by atoms with Gasteiger partial charge in [-0.25, -0.2) is 0 Å². The van der Waals surface area contributed by atoms with E-state index in [0.29, 0.717) is 6.42 Å². The lowest BCUT2D eigenvalue weighted by molar-refractivity contribution is -0.122. The number of hydrogen-bond acceptors (Lipinski definition) is 3. The molecule has 0 aliphatic rings. The van der Waals surface area contributed by atoms with Crippen molar-refractivity contribution in [2.45, 2.75) is 96.3 Å². The lowest BCUT2D eigenvalue weighted by atomic mass is 10.0. The molecule has 0 rings (SSSR count). The molecule has 0 atom stereocenters. The molecule has 136 valence electrons. The molecule has 0 aliphatic carbocycles. The predicted molar refractivity (Wildman–Crippen MR) is 97.4 cm³/mol. The third-order valence-corrected chi connectivity index (χ3v) is 4.24. The van der Waals surface area contributed by atoms with Gasteiger partial charge in [0.2, 0.25) is 5.91 Å². The Morgan fingerprint density at radius 2 is 1.09 bits per heavy atom. The van der Waals surface area contributed by atoms with E-state index in [1.165, 1.54) is 77.0 Å². The van der Waals surface area contributed by atoms with Crippen LogP contribution in [0.4, 0.5) is 0 Å². The average molecular weight is 327 g/mol. The van der Waals surface area contributed by atoms with Crippen molar-refractivity contribution in [3.8, 4) is 0 Å². The van der Waals surface area contributed by atoms with Crippen LogP contribution >= 0.6 is 0 Å². The topological polar surface area (TPSA) is 72.2 Å². The summed E-state index contributed by atoms with van der Waals surface area (Å²) >= 11 is 0. The number of nitrogens with one attached hydrogen (secondary N) is 1. The van der Waals surface area contributed by atoms with Gasteiger partial charge >= 0.3 is 0 Å². The zero-order valence-electron chi connectivity index (χ0n) is 15.0. The van der Waals surface area contributed by atoms with E-state index in [-0.39, 0.29) is 12.5 Å². The molecule has 3 N–H and O–H groups in total. The first-order chi connectivity index (χ1) is 11.3. The van der Waals surface area contributed by atoms with Gasteiger partial charge in [-0.3, -0.25) is 4.79 Å². The second kappa shape index (κ2) is 19.1. The number of rotatable bonds is 18. The molecule has 1 amide bonds. The number of nitrogens with two attached hydrogens (primary N) is 1. The highest BCUT2D eigenvalue weighted by Gasteiger charge is 1.99. The number of carbonyl (C=O) groups is 2. The highest BCUT2D eigenvalue weighted by atomic mass is 16.2. The molecule has 0 aromatic rings. The molecule has 0 fully saturated rings. The Labute approximate surface area is 143 Å². The van der Waals surface area contributed by atoms with Crippen molar-refractivity contribution in [3.05, 3.63) is 0 Å². The minimum atomic E-state index is 0.000118. The summed E-state index contributed by atoms with van der Waals surface area (Å²) in [5, 5.41) is 2.57. The second-order valence-electron chi connectivity index (χ2n) is 6.46. The molecule has 0 radical (unpaired) electrons. The number of hydrogen-bond donors (Lipinski definition) is 2. The van der Waals surface area contributed by atoms with Crippen molar-refractivity contribution >= 4 is 12.2 Å². The molecule has 0 bridgehead atoms. The minimum Gasteiger partial charge on any atom is -0.349 e. The average Bonchev–Trinajstić information content (AvgIpc) is 2.56. The van der Waals surface area contributed by atoms with Crippen LogP contribution in [0.3, 0.4) is 0 Å². The van der Waals surface area contributed by atoms with E-state index in [2.05, 4.69) is 5.32 Å². The fourth-order valence-corrected chi connectivity index (χ4v) is 2.80. The molecule has 4 nitrogen and oxygen atoms in total. The summed E-state index contributed by atoms with van der Waals surface area (Å²) < 4.78 is 0. The molecule has 0 unspecified atom stereocenters. The van der Waals surface area contributed by atoms with Crippen LogP contribution in [0.15, 0.2) is 0 Å². The molecular weight excluding hydrogens is 288 g/mol. The first kappa shape index (κ1) is 22.1. The molecule has 0 spiro atoms. The van der Waals surface area contributed by atoms with Crippen molar-refractivity contribution in [3.63, 3.8) is 0 Å². The highest BCUT2D eigenvalue weighted by Crippen LogP contribution is 2.13. The van der Waals surface area contributed by atoms with Crippen molar-refractivity contribution in [1.82, 2.24) is 5.32 Å². The summed E-state index contributed by atoms with van der Waals surface area (Å²) in [4.78, 5) is 21.4. The third kappa shape index (κ3) is 19.1. The monoisotopic (exact) mass is 326 g/mol. The van der Waals surface area contributed by atoms with Gasteiger partial charge in [0.25, 0.3) is 0 Å². The Hall–Kier alpha value is -0.900. The second-order valence-corrected chi connectivity index (χ2v) is 6.46. The summed E-state index contributed by atoms with van der Waals surface area (Å²) in [7, 11) is 0. The number of carbonyl (C=O) groups excluding carboxylic acids is 2. The molecular formula is C19H38N2O2. The maximum Gasteiger partial charge on any atom is 0.220 e. The number of amides is 1. The van der Waals surface area contributed by atoms with Crippen LogP contribution < -0.4 is 11.1 Å². The van der Waals surface area contributed by atoms with Gasteiger partial charge in [0.05, 0.1) is 6.54 Å². The van der Waals surface area contributed by atoms with Crippen LogP contribution in [-0.2, 0) is 9.59 Å². The van der Waals surface area contributed by atoms with Crippen LogP contribution in [0.25, 0.3) is 0 Å². The van der Waals surface area contributed by atoms with Crippen LogP contribution in [0.2, 0.25) is 0 Å². The summed E-state index contributed by atoms with van der Waals surface area (Å²) in [6.45, 7) is 0.986. The smallest absolute Gasteiger partial charge is 0.220 e. The standard InChI is InChI=1S/C19H38N2O2/c20-16-14-12-10-8-6-4-2-1-3-5-7-9-11-13-15-19(23)21-17-18-22/h18H,1-17,20H2,(H,21,23). The first-order valence-electron chi connectivity index (χ1n) is 9.71. The SMILES string of the molecule is NCCCCCCCCCCCCCCCCC(=O)NCC=O. The Bertz CT molecular complexity index is 270. The van der Waals surface area contributed by atoms with E-state index < -0.39 is 0 Å². The third-order valence-electron chi connectivity index (χ3n) is 4.24. The summed E-state index contributed by atoms with van der Waals surface area (Å²) in [6, 6.07) is 0. The molecule has 23 heavy (non-hydrogen) atoms. The maximum atomic E-state index is 11.3. The normalized spacial score (nSPS) is 10.7. The molecule has 4 heteroatoms. The molecule has 0 aromatic heterocycles. The lowest BCUT2D eigenvalue weighted by Crippen LogP contribution is -2.24. The molecule has 0 saturated carbocycles. The molecule has 0 aromatic carbocycles. The predicted octanol–water partition coefficient (Wildman–Crippen LogP) is 4.11. The minimum absolute atomic E-state index is 0.000118. The van der Waals surface area contributed by atoms with Crippen molar-refractivity contribution in [2.24, 2.45) is 5.73 Å². The van der Waals surface area contributed by atoms with Crippen molar-refractivity contribution in [2.75, 3.05) is 13.1 Å². The summed E-state index contributed by atoms with van der Waals surface area (Å²) in [6.07, 6.45) is 19.3. The Morgan fingerprint density at radius 3 is 1.48 bits per heavy atom. The zero-order chi connectivity index (χ0) is 17.0. The maximum absolute atomic E-state index is 11.3. The van der Waals surface area contributed by atoms with Gasteiger partial charge in [0.1, 0.15) is 6.29 Å². The van der Waals surface area contributed by atoms with Gasteiger partial charge in [0, 0.05) is 6.42 Å². The summed E-state index contributed by atoms with van der Waals surface area (Å²) in [5.41, 5.74) is 5.48. The Morgan fingerprint density at radius 1 is 0.696 bits per heavy atom. The van der Waals surface area contributed by atoms with Gasteiger partial charge in [-0.15, -0.1) is 0 Å². The fraction of sp³-hybridized carbons (Fsp3) is 0.895. The van der Waals surface area contributed by atoms with Gasteiger partial charge < -0.3 is 15.8 Å². The van der Waals surface area contributed by atoms with Crippen LogP contribution in [0.5, 0.6) is 0 Å². The number of unbranched alkanes of at least 4 members (excludes halogenated alkanes) is 13. The molecule has 0 aliphatic heterocycles. The van der Waals surface area contributed by atoms with E-state index >= 15 is 0 Å². The largest absolute Gasteiger partial charge is 0.349 e.